The van der Waals surface area contributed by atoms with E-state index in [0.29, 0.717) is 6.42 Å². The zero-order chi connectivity index (χ0) is 17.1. The lowest BCUT2D eigenvalue weighted by Gasteiger charge is -2.16. The summed E-state index contributed by atoms with van der Waals surface area (Å²) in [4.78, 5) is 45.0. The monoisotopic (exact) mass is 337 g/mol. The Hall–Kier alpha value is -2.75. The molecule has 4 N–H and O–H groups in total. The second-order valence-electron chi connectivity index (χ2n) is 4.84. The molecule has 10 heteroatoms. The van der Waals surface area contributed by atoms with Gasteiger partial charge >= 0.3 is 5.69 Å². The van der Waals surface area contributed by atoms with Gasteiger partial charge in [-0.2, -0.15) is 0 Å². The van der Waals surface area contributed by atoms with E-state index in [2.05, 4.69) is 15.0 Å². The van der Waals surface area contributed by atoms with Crippen LogP contribution in [0.25, 0.3) is 0 Å². The molecule has 122 valence electrons. The molecule has 0 saturated heterocycles. The quantitative estimate of drug-likeness (QED) is 0.481. The van der Waals surface area contributed by atoms with Crippen molar-refractivity contribution in [1.29, 1.82) is 0 Å². The minimum absolute atomic E-state index is 0.0980. The van der Waals surface area contributed by atoms with Crippen LogP contribution < -0.4 is 16.8 Å². The van der Waals surface area contributed by atoms with Crippen molar-refractivity contribution in [3.8, 4) is 5.88 Å². The molecule has 23 heavy (non-hydrogen) atoms. The average Bonchev–Trinajstić information content (AvgIpc) is 2.48. The maximum absolute atomic E-state index is 12.0. The lowest BCUT2D eigenvalue weighted by molar-refractivity contribution is 0.371. The van der Waals surface area contributed by atoms with Crippen molar-refractivity contribution < 1.29 is 5.11 Å². The van der Waals surface area contributed by atoms with Gasteiger partial charge in [-0.15, -0.1) is 0 Å². The number of hydrogen-bond acceptors (Lipinski definition) is 6. The molecule has 2 aromatic heterocycles. The van der Waals surface area contributed by atoms with Gasteiger partial charge in [0.1, 0.15) is 11.3 Å². The Balaban J connectivity index is 2.58. The van der Waals surface area contributed by atoms with Gasteiger partial charge in [0.25, 0.3) is 11.1 Å². The molecule has 0 aliphatic rings. The fourth-order valence-corrected chi connectivity index (χ4v) is 2.25. The molecule has 0 radical (unpaired) electrons. The fourth-order valence-electron chi connectivity index (χ4n) is 1.89. The largest absolute Gasteiger partial charge is 0.494 e. The lowest BCUT2D eigenvalue weighted by Crippen LogP contribution is -2.21. The van der Waals surface area contributed by atoms with Gasteiger partial charge in [0.05, 0.1) is 0 Å². The molecule has 0 aliphatic heterocycles. The lowest BCUT2D eigenvalue weighted by atomic mass is 10.2. The third kappa shape index (κ3) is 3.37. The number of H-pyrrole nitrogens is 3. The van der Waals surface area contributed by atoms with E-state index < -0.39 is 16.8 Å². The molecule has 0 aromatic carbocycles. The highest BCUT2D eigenvalue weighted by molar-refractivity contribution is 7.71. The Kier molecular flexibility index (Phi) is 4.74. The smallest absolute Gasteiger partial charge is 0.325 e. The van der Waals surface area contributed by atoms with Crippen molar-refractivity contribution in [3.63, 3.8) is 0 Å². The predicted octanol–water partition coefficient (Wildman–Crippen LogP) is 0.710. The van der Waals surface area contributed by atoms with Crippen molar-refractivity contribution in [3.05, 3.63) is 47.7 Å². The summed E-state index contributed by atoms with van der Waals surface area (Å²) < 4.78 is 1.50. The van der Waals surface area contributed by atoms with E-state index in [-0.39, 0.29) is 27.9 Å². The van der Waals surface area contributed by atoms with Gasteiger partial charge in [0.15, 0.2) is 4.77 Å². The van der Waals surface area contributed by atoms with Crippen LogP contribution in [-0.4, -0.2) is 30.8 Å². The number of nitrogens with one attached hydrogen (secondary N) is 3. The minimum Gasteiger partial charge on any atom is -0.494 e. The van der Waals surface area contributed by atoms with E-state index in [1.54, 1.807) is 0 Å². The van der Waals surface area contributed by atoms with Gasteiger partial charge < -0.3 is 10.1 Å². The van der Waals surface area contributed by atoms with Crippen molar-refractivity contribution in [2.75, 3.05) is 0 Å². The van der Waals surface area contributed by atoms with Crippen molar-refractivity contribution in [2.45, 2.75) is 26.3 Å². The van der Waals surface area contributed by atoms with Gasteiger partial charge in [-0.05, 0) is 25.6 Å². The van der Waals surface area contributed by atoms with Gasteiger partial charge in [0.2, 0.25) is 5.88 Å². The van der Waals surface area contributed by atoms with Gasteiger partial charge in [-0.1, -0.05) is 6.92 Å². The summed E-state index contributed by atoms with van der Waals surface area (Å²) in [7, 11) is 0. The van der Waals surface area contributed by atoms with Gasteiger partial charge in [-0.25, -0.2) is 9.79 Å². The summed E-state index contributed by atoms with van der Waals surface area (Å²) in [6.45, 7) is 3.74. The number of rotatable bonds is 4. The second-order valence-corrected chi connectivity index (χ2v) is 5.23. The number of aliphatic imine (C=N–C) groups is 1. The van der Waals surface area contributed by atoms with Crippen LogP contribution in [0.5, 0.6) is 5.88 Å². The van der Waals surface area contributed by atoms with Crippen molar-refractivity contribution in [2.24, 2.45) is 4.99 Å². The van der Waals surface area contributed by atoms with Crippen LogP contribution in [0.4, 0.5) is 5.69 Å². The maximum atomic E-state index is 12.0. The van der Waals surface area contributed by atoms with Gasteiger partial charge in [0, 0.05) is 18.5 Å². The molecular formula is C13H15N5O4S. The number of nitrogens with zero attached hydrogens (tertiary/aromatic N) is 2. The Bertz CT molecular complexity index is 981. The number of aromatic amines is 3. The van der Waals surface area contributed by atoms with Crippen LogP contribution in [0.1, 0.15) is 31.9 Å². The van der Waals surface area contributed by atoms with Gasteiger partial charge in [-0.3, -0.25) is 24.1 Å². The second kappa shape index (κ2) is 6.57. The van der Waals surface area contributed by atoms with Crippen LogP contribution in [0, 0.1) is 4.77 Å². The number of aromatic nitrogens is 4. The zero-order valence-corrected chi connectivity index (χ0v) is 13.2. The third-order valence-electron chi connectivity index (χ3n) is 3.32. The van der Waals surface area contributed by atoms with Crippen LogP contribution in [-0.2, 0) is 0 Å². The standard InChI is InChI=1S/C13H15N5O4S/c1-3-6(2)18-11(21)7(9(19)17-13(18)23)4-14-8-5-15-12(22)16-10(8)20/h4-6,21H,3H2,1-2H3,(H,17,19,23)(H2,15,16,20,22). The summed E-state index contributed by atoms with van der Waals surface area (Å²) in [6.07, 6.45) is 2.84. The van der Waals surface area contributed by atoms with Crippen LogP contribution in [0.2, 0.25) is 0 Å². The molecule has 2 rings (SSSR count). The molecule has 2 heterocycles. The normalized spacial score (nSPS) is 12.6. The molecule has 1 atom stereocenters. The van der Waals surface area contributed by atoms with E-state index in [1.807, 2.05) is 18.8 Å². The summed E-state index contributed by atoms with van der Waals surface area (Å²) in [5.74, 6) is -0.335. The Morgan fingerprint density at radius 2 is 2.04 bits per heavy atom. The summed E-state index contributed by atoms with van der Waals surface area (Å²) >= 11 is 5.05. The maximum Gasteiger partial charge on any atom is 0.325 e. The molecule has 0 amide bonds. The summed E-state index contributed by atoms with van der Waals surface area (Å²) in [6, 6.07) is -0.136. The first-order valence-corrected chi connectivity index (χ1v) is 7.19. The minimum atomic E-state index is -0.712. The van der Waals surface area contributed by atoms with E-state index >= 15 is 0 Å². The van der Waals surface area contributed by atoms with Crippen LogP contribution >= 0.6 is 12.2 Å². The molecular weight excluding hydrogens is 322 g/mol. The average molecular weight is 337 g/mol. The first-order valence-electron chi connectivity index (χ1n) is 6.79. The Morgan fingerprint density at radius 1 is 1.35 bits per heavy atom. The zero-order valence-electron chi connectivity index (χ0n) is 12.4. The highest BCUT2D eigenvalue weighted by atomic mass is 32.1. The van der Waals surface area contributed by atoms with E-state index in [1.165, 1.54) is 4.57 Å². The third-order valence-corrected chi connectivity index (χ3v) is 3.62. The van der Waals surface area contributed by atoms with Crippen LogP contribution in [0.15, 0.2) is 25.6 Å². The summed E-state index contributed by atoms with van der Waals surface area (Å²) in [5.41, 5.74) is -2.25. The molecule has 2 aromatic rings. The number of hydrogen-bond donors (Lipinski definition) is 4. The van der Waals surface area contributed by atoms with E-state index in [4.69, 9.17) is 12.2 Å². The molecule has 0 bridgehead atoms. The molecule has 0 spiro atoms. The SMILES string of the molecule is CCC(C)n1c(O)c(C=Nc2c[nH]c(=O)[nH]c2=O)c(=O)[nH]c1=S. The van der Waals surface area contributed by atoms with Crippen molar-refractivity contribution in [1.82, 2.24) is 19.5 Å². The topological polar surface area (TPSA) is 136 Å². The highest BCUT2D eigenvalue weighted by Gasteiger charge is 2.14. The molecule has 0 fully saturated rings. The Morgan fingerprint density at radius 3 is 2.65 bits per heavy atom. The molecule has 9 nitrogen and oxygen atoms in total. The predicted molar refractivity (Wildman–Crippen MR) is 87.5 cm³/mol. The number of aromatic hydroxyl groups is 1. The fraction of sp³-hybridized carbons (Fsp3) is 0.308. The summed E-state index contributed by atoms with van der Waals surface area (Å²) in [5, 5.41) is 10.3. The Labute approximate surface area is 134 Å². The first kappa shape index (κ1) is 16.6. The van der Waals surface area contributed by atoms with Crippen LogP contribution in [0.3, 0.4) is 0 Å². The van der Waals surface area contributed by atoms with E-state index in [9.17, 15) is 19.5 Å². The molecule has 1 unspecified atom stereocenters. The molecule has 0 saturated carbocycles. The molecule has 0 aliphatic carbocycles. The highest BCUT2D eigenvalue weighted by Crippen LogP contribution is 2.20. The van der Waals surface area contributed by atoms with E-state index in [0.717, 1.165) is 12.4 Å². The first-order chi connectivity index (χ1) is 10.8. The van der Waals surface area contributed by atoms with Crippen molar-refractivity contribution >= 4 is 24.1 Å².